The monoisotopic (exact) mass is 481 g/mol. The Hall–Kier alpha value is -3.25. The third kappa shape index (κ3) is 6.62. The zero-order valence-corrected chi connectivity index (χ0v) is 19.3. The molecule has 0 saturated carbocycles. The Bertz CT molecular complexity index is 1130. The highest BCUT2D eigenvalue weighted by atomic mass is 35.5. The first-order valence-corrected chi connectivity index (χ1v) is 10.3. The smallest absolute Gasteiger partial charge is 0.418 e. The number of alkyl halides is 3. The van der Waals surface area contributed by atoms with Gasteiger partial charge in [0.15, 0.2) is 6.61 Å². The number of para-hydroxylation sites is 1. The topological polar surface area (TPSA) is 84.1 Å². The molecular formula is C23H23ClF3N3O3. The fourth-order valence-corrected chi connectivity index (χ4v) is 3.41. The minimum absolute atomic E-state index is 0.320. The maximum absolute atomic E-state index is 13.1. The quantitative estimate of drug-likeness (QED) is 0.320. The van der Waals surface area contributed by atoms with Gasteiger partial charge in [0, 0.05) is 17.9 Å². The summed E-state index contributed by atoms with van der Waals surface area (Å²) in [6.07, 6.45) is -3.39. The third-order valence-corrected chi connectivity index (χ3v) is 5.03. The van der Waals surface area contributed by atoms with Gasteiger partial charge in [-0.1, -0.05) is 31.5 Å². The van der Waals surface area contributed by atoms with E-state index in [0.29, 0.717) is 11.5 Å². The van der Waals surface area contributed by atoms with Crippen LogP contribution < -0.4 is 5.32 Å². The molecule has 0 saturated heterocycles. The lowest BCUT2D eigenvalue weighted by Gasteiger charge is -2.15. The molecule has 6 nitrogen and oxygen atoms in total. The van der Waals surface area contributed by atoms with Crippen LogP contribution in [0.15, 0.2) is 29.8 Å². The van der Waals surface area contributed by atoms with Crippen LogP contribution in [0.4, 0.5) is 18.9 Å². The van der Waals surface area contributed by atoms with Gasteiger partial charge >= 0.3 is 12.1 Å². The van der Waals surface area contributed by atoms with Gasteiger partial charge in [-0.25, -0.2) is 4.79 Å². The van der Waals surface area contributed by atoms with Crippen LogP contribution >= 0.6 is 11.6 Å². The Morgan fingerprint density at radius 3 is 2.55 bits per heavy atom. The fraction of sp³-hybridized carbons (Fsp3) is 0.348. The molecule has 2 rings (SSSR count). The number of esters is 1. The average molecular weight is 482 g/mol. The molecule has 0 spiro atoms. The molecule has 0 aliphatic heterocycles. The largest absolute Gasteiger partial charge is 0.451 e. The summed E-state index contributed by atoms with van der Waals surface area (Å²) in [5.74, 6) is -1.72. The first-order valence-electron chi connectivity index (χ1n) is 9.96. The van der Waals surface area contributed by atoms with Crippen LogP contribution in [-0.4, -0.2) is 23.1 Å². The summed E-state index contributed by atoms with van der Waals surface area (Å²) < 4.78 is 46.3. The van der Waals surface area contributed by atoms with Gasteiger partial charge in [-0.3, -0.25) is 4.79 Å². The van der Waals surface area contributed by atoms with E-state index in [9.17, 15) is 28.0 Å². The van der Waals surface area contributed by atoms with E-state index >= 15 is 0 Å². The molecule has 0 bridgehead atoms. The first-order chi connectivity index (χ1) is 15.3. The third-order valence-electron chi connectivity index (χ3n) is 4.72. The minimum Gasteiger partial charge on any atom is -0.451 e. The number of aryl methyl sites for hydroxylation is 1. The SMILES string of the molecule is Cc1cc(/C=C(\C#N)C(=O)OCC(=O)Nc2c(Cl)cccc2C(F)(F)F)c(C)n1CC(C)C. The molecule has 1 N–H and O–H groups in total. The Labute approximate surface area is 194 Å². The fourth-order valence-electron chi connectivity index (χ4n) is 3.18. The number of hydrogen-bond donors (Lipinski definition) is 1. The highest BCUT2D eigenvalue weighted by molar-refractivity contribution is 6.34. The Morgan fingerprint density at radius 1 is 1.30 bits per heavy atom. The molecule has 0 atom stereocenters. The molecule has 0 unspecified atom stereocenters. The Balaban J connectivity index is 2.13. The predicted molar refractivity (Wildman–Crippen MR) is 118 cm³/mol. The number of halogens is 4. The number of ether oxygens (including phenoxy) is 1. The van der Waals surface area contributed by atoms with Gasteiger partial charge < -0.3 is 14.6 Å². The Morgan fingerprint density at radius 2 is 1.97 bits per heavy atom. The highest BCUT2D eigenvalue weighted by Crippen LogP contribution is 2.38. The summed E-state index contributed by atoms with van der Waals surface area (Å²) in [4.78, 5) is 24.4. The normalized spacial score (nSPS) is 11.9. The number of nitrogens with zero attached hydrogens (tertiary/aromatic N) is 2. The van der Waals surface area contributed by atoms with Crippen LogP contribution in [0.5, 0.6) is 0 Å². The van der Waals surface area contributed by atoms with Gasteiger partial charge in [-0.2, -0.15) is 18.4 Å². The number of carbonyl (C=O) groups is 2. The lowest BCUT2D eigenvalue weighted by molar-refractivity contribution is -0.143. The average Bonchev–Trinajstić information content (AvgIpc) is 2.97. The van der Waals surface area contributed by atoms with Crippen LogP contribution in [0.3, 0.4) is 0 Å². The van der Waals surface area contributed by atoms with Crippen LogP contribution in [0.25, 0.3) is 6.08 Å². The van der Waals surface area contributed by atoms with E-state index in [-0.39, 0.29) is 10.6 Å². The van der Waals surface area contributed by atoms with E-state index in [1.807, 2.05) is 25.2 Å². The van der Waals surface area contributed by atoms with E-state index in [1.54, 1.807) is 6.07 Å². The maximum Gasteiger partial charge on any atom is 0.418 e. The van der Waals surface area contributed by atoms with Gasteiger partial charge in [-0.05, 0) is 49.6 Å². The number of nitriles is 1. The van der Waals surface area contributed by atoms with Gasteiger partial charge in [-0.15, -0.1) is 0 Å². The number of hydrogen-bond acceptors (Lipinski definition) is 4. The van der Waals surface area contributed by atoms with Crippen molar-refractivity contribution < 1.29 is 27.5 Å². The molecule has 0 aliphatic carbocycles. The molecule has 1 heterocycles. The van der Waals surface area contributed by atoms with Crippen molar-refractivity contribution in [1.82, 2.24) is 4.57 Å². The molecule has 1 amide bonds. The van der Waals surface area contributed by atoms with Crippen molar-refractivity contribution in [1.29, 1.82) is 5.26 Å². The lowest BCUT2D eigenvalue weighted by Crippen LogP contribution is -2.23. The second-order valence-electron chi connectivity index (χ2n) is 7.79. The van der Waals surface area contributed by atoms with Crippen LogP contribution in [0, 0.1) is 31.1 Å². The van der Waals surface area contributed by atoms with Gasteiger partial charge in [0.05, 0.1) is 16.3 Å². The van der Waals surface area contributed by atoms with Crippen molar-refractivity contribution in [2.75, 3.05) is 11.9 Å². The predicted octanol–water partition coefficient (Wildman–Crippen LogP) is 5.52. The molecule has 33 heavy (non-hydrogen) atoms. The van der Waals surface area contributed by atoms with Crippen molar-refractivity contribution in [2.24, 2.45) is 5.92 Å². The number of carbonyl (C=O) groups excluding carboxylic acids is 2. The second kappa shape index (κ2) is 10.6. The Kier molecular flexibility index (Phi) is 8.34. The van der Waals surface area contributed by atoms with Crippen LogP contribution in [0.1, 0.15) is 36.4 Å². The van der Waals surface area contributed by atoms with E-state index in [0.717, 1.165) is 30.1 Å². The van der Waals surface area contributed by atoms with E-state index in [4.69, 9.17) is 16.3 Å². The molecule has 10 heteroatoms. The zero-order chi connectivity index (χ0) is 24.9. The number of aromatic nitrogens is 1. The van der Waals surface area contributed by atoms with Crippen molar-refractivity contribution in [3.8, 4) is 6.07 Å². The molecule has 0 aliphatic rings. The molecule has 176 valence electrons. The van der Waals surface area contributed by atoms with Crippen molar-refractivity contribution in [3.63, 3.8) is 0 Å². The summed E-state index contributed by atoms with van der Waals surface area (Å²) in [6, 6.07) is 6.61. The highest BCUT2D eigenvalue weighted by Gasteiger charge is 2.34. The van der Waals surface area contributed by atoms with E-state index < -0.39 is 35.9 Å². The zero-order valence-electron chi connectivity index (χ0n) is 18.5. The molecule has 1 aromatic heterocycles. The molecule has 2 aromatic rings. The van der Waals surface area contributed by atoms with E-state index in [1.165, 1.54) is 12.1 Å². The van der Waals surface area contributed by atoms with Crippen molar-refractivity contribution in [3.05, 3.63) is 57.4 Å². The van der Waals surface area contributed by atoms with Gasteiger partial charge in [0.2, 0.25) is 0 Å². The standard InChI is InChI=1S/C23H23ClF3N3O3/c1-13(2)11-30-14(3)8-16(15(30)4)9-17(10-28)22(32)33-12-20(31)29-21-18(23(25,26)27)6-5-7-19(21)24/h5-9,13H,11-12H2,1-4H3,(H,29,31)/b17-9+. The number of nitrogens with one attached hydrogen (secondary N) is 1. The molecule has 0 radical (unpaired) electrons. The molecule has 0 fully saturated rings. The lowest BCUT2D eigenvalue weighted by atomic mass is 10.1. The number of benzene rings is 1. The van der Waals surface area contributed by atoms with Crippen LogP contribution in [0.2, 0.25) is 5.02 Å². The summed E-state index contributed by atoms with van der Waals surface area (Å²) in [5.41, 5.74) is 0.347. The summed E-state index contributed by atoms with van der Waals surface area (Å²) in [7, 11) is 0. The van der Waals surface area contributed by atoms with E-state index in [2.05, 4.69) is 18.4 Å². The summed E-state index contributed by atoms with van der Waals surface area (Å²) >= 11 is 5.79. The maximum atomic E-state index is 13.1. The van der Waals surface area contributed by atoms with Crippen LogP contribution in [-0.2, 0) is 27.0 Å². The van der Waals surface area contributed by atoms with Crippen molar-refractivity contribution in [2.45, 2.75) is 40.4 Å². The van der Waals surface area contributed by atoms with Crippen molar-refractivity contribution >= 4 is 35.2 Å². The number of rotatable bonds is 7. The minimum atomic E-state index is -4.75. The second-order valence-corrected chi connectivity index (χ2v) is 8.19. The first kappa shape index (κ1) is 26.0. The summed E-state index contributed by atoms with van der Waals surface area (Å²) in [5, 5.41) is 11.1. The molecule has 1 aromatic carbocycles. The number of anilines is 1. The number of amides is 1. The van der Waals surface area contributed by atoms with Gasteiger partial charge in [0.1, 0.15) is 11.6 Å². The van der Waals surface area contributed by atoms with Gasteiger partial charge in [0.25, 0.3) is 5.91 Å². The molecular weight excluding hydrogens is 459 g/mol. The summed E-state index contributed by atoms with van der Waals surface area (Å²) in [6.45, 7) is 7.77.